The summed E-state index contributed by atoms with van der Waals surface area (Å²) in [4.78, 5) is 4.10. The number of aryl methyl sites for hydroxylation is 1. The van der Waals surface area contributed by atoms with Gasteiger partial charge in [0, 0.05) is 5.69 Å². The van der Waals surface area contributed by atoms with Crippen molar-refractivity contribution in [3.8, 4) is 18.1 Å². The van der Waals surface area contributed by atoms with Gasteiger partial charge in [0.05, 0.1) is 25.5 Å². The van der Waals surface area contributed by atoms with E-state index in [9.17, 15) is 0 Å². The molecular weight excluding hydrogens is 164 g/mol. The van der Waals surface area contributed by atoms with Gasteiger partial charge in [-0.3, -0.25) is 4.98 Å². The van der Waals surface area contributed by atoms with Crippen molar-refractivity contribution in [3.05, 3.63) is 18.0 Å². The maximum Gasteiger partial charge on any atom is 0.160 e. The Morgan fingerprint density at radius 2 is 2.46 bits per heavy atom. The lowest BCUT2D eigenvalue weighted by molar-refractivity contribution is 0.414. The number of hydrogen-bond donors (Lipinski definition) is 1. The molecule has 68 valence electrons. The SMILES string of the molecule is C#CCNc1cc(C)ncc1OC. The Bertz CT molecular complexity index is 328. The summed E-state index contributed by atoms with van der Waals surface area (Å²) in [5, 5.41) is 3.05. The summed E-state index contributed by atoms with van der Waals surface area (Å²) < 4.78 is 5.10. The summed E-state index contributed by atoms with van der Waals surface area (Å²) in [6, 6.07) is 1.90. The Hall–Kier alpha value is -1.69. The lowest BCUT2D eigenvalue weighted by atomic mass is 10.3. The van der Waals surface area contributed by atoms with E-state index in [4.69, 9.17) is 11.2 Å². The van der Waals surface area contributed by atoms with E-state index in [-0.39, 0.29) is 0 Å². The van der Waals surface area contributed by atoms with E-state index >= 15 is 0 Å². The maximum atomic E-state index is 5.14. The summed E-state index contributed by atoms with van der Waals surface area (Å²) in [5.41, 5.74) is 1.81. The minimum absolute atomic E-state index is 0.486. The number of aromatic nitrogens is 1. The van der Waals surface area contributed by atoms with Gasteiger partial charge in [0.25, 0.3) is 0 Å². The molecule has 0 radical (unpaired) electrons. The fraction of sp³-hybridized carbons (Fsp3) is 0.300. The van der Waals surface area contributed by atoms with Crippen LogP contribution in [0.2, 0.25) is 0 Å². The highest BCUT2D eigenvalue weighted by Crippen LogP contribution is 2.22. The molecule has 0 bridgehead atoms. The van der Waals surface area contributed by atoms with Gasteiger partial charge in [-0.25, -0.2) is 0 Å². The molecule has 0 unspecified atom stereocenters. The minimum Gasteiger partial charge on any atom is -0.493 e. The smallest absolute Gasteiger partial charge is 0.160 e. The highest BCUT2D eigenvalue weighted by Gasteiger charge is 2.01. The molecular formula is C10H12N2O. The van der Waals surface area contributed by atoms with Crippen LogP contribution in [0.25, 0.3) is 0 Å². The molecule has 0 amide bonds. The molecule has 0 saturated carbocycles. The first kappa shape index (κ1) is 9.40. The summed E-state index contributed by atoms with van der Waals surface area (Å²) in [6.45, 7) is 2.40. The number of ether oxygens (including phenoxy) is 1. The van der Waals surface area contributed by atoms with E-state index in [0.29, 0.717) is 12.3 Å². The summed E-state index contributed by atoms with van der Waals surface area (Å²) >= 11 is 0. The van der Waals surface area contributed by atoms with Crippen LogP contribution in [0.4, 0.5) is 5.69 Å². The third-order valence-corrected chi connectivity index (χ3v) is 1.60. The van der Waals surface area contributed by atoms with Crippen LogP contribution in [0.5, 0.6) is 5.75 Å². The second-order valence-corrected chi connectivity index (χ2v) is 2.58. The first-order chi connectivity index (χ1) is 6.27. The molecule has 1 N–H and O–H groups in total. The molecule has 13 heavy (non-hydrogen) atoms. The van der Waals surface area contributed by atoms with Gasteiger partial charge < -0.3 is 10.1 Å². The summed E-state index contributed by atoms with van der Waals surface area (Å²) in [5.74, 6) is 3.21. The number of pyridine rings is 1. The third-order valence-electron chi connectivity index (χ3n) is 1.60. The molecule has 0 atom stereocenters. The standard InChI is InChI=1S/C10H12N2O/c1-4-5-11-9-6-8(2)12-7-10(9)13-3/h1,6-7H,5H2,2-3H3,(H,11,12). The zero-order chi connectivity index (χ0) is 9.68. The molecule has 3 heteroatoms. The Kier molecular flexibility index (Phi) is 3.15. The van der Waals surface area contributed by atoms with E-state index in [0.717, 1.165) is 11.4 Å². The molecule has 1 rings (SSSR count). The maximum absolute atomic E-state index is 5.14. The second kappa shape index (κ2) is 4.36. The van der Waals surface area contributed by atoms with Crippen LogP contribution >= 0.6 is 0 Å². The van der Waals surface area contributed by atoms with Crippen molar-refractivity contribution in [3.63, 3.8) is 0 Å². The zero-order valence-electron chi connectivity index (χ0n) is 7.79. The summed E-state index contributed by atoms with van der Waals surface area (Å²) in [7, 11) is 1.60. The van der Waals surface area contributed by atoms with E-state index in [1.165, 1.54) is 0 Å². The van der Waals surface area contributed by atoms with Crippen LogP contribution in [0.1, 0.15) is 5.69 Å². The molecule has 0 fully saturated rings. The van der Waals surface area contributed by atoms with Crippen LogP contribution in [0.15, 0.2) is 12.3 Å². The molecule has 1 aromatic heterocycles. The number of anilines is 1. The van der Waals surface area contributed by atoms with Gasteiger partial charge in [0.15, 0.2) is 5.75 Å². The number of rotatable bonds is 3. The molecule has 0 saturated heterocycles. The highest BCUT2D eigenvalue weighted by atomic mass is 16.5. The number of hydrogen-bond acceptors (Lipinski definition) is 3. The lowest BCUT2D eigenvalue weighted by Gasteiger charge is -2.08. The third kappa shape index (κ3) is 2.38. The first-order valence-electron chi connectivity index (χ1n) is 3.96. The summed E-state index contributed by atoms with van der Waals surface area (Å²) in [6.07, 6.45) is 6.81. The molecule has 3 nitrogen and oxygen atoms in total. The van der Waals surface area contributed by atoms with Crippen LogP contribution < -0.4 is 10.1 Å². The molecule has 1 aromatic rings. The van der Waals surface area contributed by atoms with Gasteiger partial charge in [-0.1, -0.05) is 5.92 Å². The Morgan fingerprint density at radius 3 is 3.08 bits per heavy atom. The predicted molar refractivity (Wildman–Crippen MR) is 52.8 cm³/mol. The van der Waals surface area contributed by atoms with Crippen molar-refractivity contribution in [2.45, 2.75) is 6.92 Å². The number of methoxy groups -OCH3 is 1. The van der Waals surface area contributed by atoms with E-state index in [1.807, 2.05) is 13.0 Å². The average molecular weight is 176 g/mol. The number of nitrogens with zero attached hydrogens (tertiary/aromatic N) is 1. The Labute approximate surface area is 78.1 Å². The van der Waals surface area contributed by atoms with Crippen molar-refractivity contribution in [2.24, 2.45) is 0 Å². The second-order valence-electron chi connectivity index (χ2n) is 2.58. The Balaban J connectivity index is 2.89. The van der Waals surface area contributed by atoms with E-state index in [2.05, 4.69) is 16.2 Å². The average Bonchev–Trinajstić information content (AvgIpc) is 2.15. The number of terminal acetylenes is 1. The van der Waals surface area contributed by atoms with Crippen molar-refractivity contribution >= 4 is 5.69 Å². The van der Waals surface area contributed by atoms with Crippen LogP contribution in [0, 0.1) is 19.3 Å². The molecule has 0 aromatic carbocycles. The largest absolute Gasteiger partial charge is 0.493 e. The molecule has 0 aliphatic rings. The zero-order valence-corrected chi connectivity index (χ0v) is 7.79. The molecule has 0 spiro atoms. The normalized spacial score (nSPS) is 9.00. The topological polar surface area (TPSA) is 34.2 Å². The van der Waals surface area contributed by atoms with Gasteiger partial charge in [0.1, 0.15) is 0 Å². The van der Waals surface area contributed by atoms with Crippen molar-refractivity contribution in [1.82, 2.24) is 4.98 Å². The van der Waals surface area contributed by atoms with Gasteiger partial charge in [0.2, 0.25) is 0 Å². The first-order valence-corrected chi connectivity index (χ1v) is 3.96. The highest BCUT2D eigenvalue weighted by molar-refractivity contribution is 5.56. The fourth-order valence-corrected chi connectivity index (χ4v) is 0.994. The monoisotopic (exact) mass is 176 g/mol. The van der Waals surface area contributed by atoms with Crippen LogP contribution in [-0.4, -0.2) is 18.6 Å². The molecule has 0 aliphatic carbocycles. The fourth-order valence-electron chi connectivity index (χ4n) is 0.994. The molecule has 1 heterocycles. The van der Waals surface area contributed by atoms with E-state index in [1.54, 1.807) is 13.3 Å². The van der Waals surface area contributed by atoms with Gasteiger partial charge >= 0.3 is 0 Å². The van der Waals surface area contributed by atoms with Crippen LogP contribution in [0.3, 0.4) is 0 Å². The lowest BCUT2D eigenvalue weighted by Crippen LogP contribution is -2.01. The quantitative estimate of drug-likeness (QED) is 0.708. The van der Waals surface area contributed by atoms with Gasteiger partial charge in [-0.2, -0.15) is 0 Å². The van der Waals surface area contributed by atoms with Crippen LogP contribution in [-0.2, 0) is 0 Å². The van der Waals surface area contributed by atoms with Crippen molar-refractivity contribution in [1.29, 1.82) is 0 Å². The van der Waals surface area contributed by atoms with Gasteiger partial charge in [-0.15, -0.1) is 6.42 Å². The Morgan fingerprint density at radius 1 is 1.69 bits per heavy atom. The van der Waals surface area contributed by atoms with Crippen molar-refractivity contribution in [2.75, 3.05) is 19.0 Å². The number of nitrogens with one attached hydrogen (secondary N) is 1. The van der Waals surface area contributed by atoms with Crippen molar-refractivity contribution < 1.29 is 4.74 Å². The molecule has 0 aliphatic heterocycles. The van der Waals surface area contributed by atoms with Gasteiger partial charge in [-0.05, 0) is 13.0 Å². The minimum atomic E-state index is 0.486. The van der Waals surface area contributed by atoms with E-state index < -0.39 is 0 Å². The predicted octanol–water partition coefficient (Wildman–Crippen LogP) is 1.44.